The fourth-order valence-electron chi connectivity index (χ4n) is 4.10. The van der Waals surface area contributed by atoms with Crippen molar-refractivity contribution in [1.29, 1.82) is 0 Å². The lowest BCUT2D eigenvalue weighted by molar-refractivity contribution is 0.413. The van der Waals surface area contributed by atoms with Gasteiger partial charge < -0.3 is 14.8 Å². The van der Waals surface area contributed by atoms with Gasteiger partial charge in [0.1, 0.15) is 22.7 Å². The lowest BCUT2D eigenvalue weighted by Gasteiger charge is -2.12. The Kier molecular flexibility index (Phi) is 5.93. The van der Waals surface area contributed by atoms with Crippen molar-refractivity contribution in [1.82, 2.24) is 20.2 Å². The number of pyridine rings is 2. The molecule has 0 radical (unpaired) electrons. The summed E-state index contributed by atoms with van der Waals surface area (Å²) in [5, 5.41) is 13.5. The summed E-state index contributed by atoms with van der Waals surface area (Å²) in [6.45, 7) is 0. The number of nitrogens with one attached hydrogen (secondary N) is 1. The molecule has 0 aliphatic carbocycles. The van der Waals surface area contributed by atoms with Crippen LogP contribution in [0.2, 0.25) is 0 Å². The Hall–Kier alpha value is -5.18. The number of hydrogen-bond donors (Lipinski definition) is 1. The fraction of sp³-hybridized carbons (Fsp3) is 0.0345. The van der Waals surface area contributed by atoms with Crippen LogP contribution in [-0.2, 0) is 0 Å². The van der Waals surface area contributed by atoms with Gasteiger partial charge in [-0.15, -0.1) is 10.2 Å². The van der Waals surface area contributed by atoms with E-state index in [4.69, 9.17) is 9.47 Å². The summed E-state index contributed by atoms with van der Waals surface area (Å²) in [5.74, 6) is 0.483. The number of nitrogens with zero attached hydrogens (tertiary/aromatic N) is 4. The first-order valence-electron chi connectivity index (χ1n) is 11.6. The molecule has 0 aliphatic rings. The Morgan fingerprint density at radius 2 is 1.58 bits per heavy atom. The summed E-state index contributed by atoms with van der Waals surface area (Å²) in [4.78, 5) is 8.74. The third-order valence-corrected chi connectivity index (χ3v) is 5.98. The molecule has 1 N–H and O–H groups in total. The fourth-order valence-corrected chi connectivity index (χ4v) is 4.10. The van der Waals surface area contributed by atoms with Gasteiger partial charge in [-0.3, -0.25) is 4.98 Å². The minimum absolute atomic E-state index is 0.442. The van der Waals surface area contributed by atoms with Gasteiger partial charge in [0.25, 0.3) is 0 Å². The Morgan fingerprint density at radius 3 is 2.37 bits per heavy atom. The molecule has 7 nitrogen and oxygen atoms in total. The first kappa shape index (κ1) is 23.2. The van der Waals surface area contributed by atoms with Crippen LogP contribution in [0.15, 0.2) is 91.3 Å². The molecule has 0 amide bonds. The number of fused-ring (bicyclic) bond motifs is 2. The molecule has 0 aliphatic heterocycles. The monoisotopic (exact) mass is 507 g/mol. The number of methoxy groups -OCH3 is 1. The molecule has 9 heteroatoms. The van der Waals surface area contributed by atoms with Crippen LogP contribution in [0.25, 0.3) is 33.1 Å². The molecule has 3 aromatic carbocycles. The van der Waals surface area contributed by atoms with Crippen LogP contribution >= 0.6 is 0 Å². The minimum atomic E-state index is -0.937. The second-order valence-electron chi connectivity index (χ2n) is 8.38. The maximum absolute atomic E-state index is 13.9. The maximum Gasteiger partial charge on any atom is 0.161 e. The lowest BCUT2D eigenvalue weighted by Crippen LogP contribution is -1.99. The molecule has 3 heterocycles. The SMILES string of the molecule is COc1cnc2c(Oc3ccc(Nc4nnc(-c5ccc(F)c(F)c5)c5ccccc45)cc3)ccnc2c1. The highest BCUT2D eigenvalue weighted by molar-refractivity contribution is 6.00. The van der Waals surface area contributed by atoms with Gasteiger partial charge in [0, 0.05) is 40.4 Å². The smallest absolute Gasteiger partial charge is 0.161 e. The normalized spacial score (nSPS) is 11.0. The third kappa shape index (κ3) is 4.41. The standard InChI is InChI=1S/C29H19F2N5O2/c1-37-20-15-25-28(33-16-20)26(12-13-32-25)38-19-9-7-18(8-10-19)34-29-22-5-3-2-4-21(22)27(35-36-29)17-6-11-23(30)24(31)14-17/h2-16H,1H3,(H,34,36). The number of rotatable bonds is 6. The van der Waals surface area contributed by atoms with Gasteiger partial charge in [0.15, 0.2) is 23.2 Å². The first-order valence-corrected chi connectivity index (χ1v) is 11.6. The van der Waals surface area contributed by atoms with Crippen molar-refractivity contribution in [3.05, 3.63) is 103 Å². The first-order chi connectivity index (χ1) is 18.6. The Balaban J connectivity index is 1.27. The van der Waals surface area contributed by atoms with Crippen molar-refractivity contribution in [2.24, 2.45) is 0 Å². The molecule has 186 valence electrons. The lowest BCUT2D eigenvalue weighted by atomic mass is 10.0. The van der Waals surface area contributed by atoms with E-state index in [1.165, 1.54) is 6.07 Å². The van der Waals surface area contributed by atoms with Crippen molar-refractivity contribution in [3.63, 3.8) is 0 Å². The molecular formula is C29H19F2N5O2. The van der Waals surface area contributed by atoms with E-state index in [-0.39, 0.29) is 0 Å². The Bertz CT molecular complexity index is 1800. The van der Waals surface area contributed by atoms with E-state index < -0.39 is 11.6 Å². The van der Waals surface area contributed by atoms with Crippen LogP contribution in [0.1, 0.15) is 0 Å². The molecule has 6 aromatic rings. The molecule has 0 saturated carbocycles. The topological polar surface area (TPSA) is 82.0 Å². The second-order valence-corrected chi connectivity index (χ2v) is 8.38. The number of ether oxygens (including phenoxy) is 2. The van der Waals surface area contributed by atoms with E-state index in [0.717, 1.165) is 28.6 Å². The molecule has 3 aromatic heterocycles. The highest BCUT2D eigenvalue weighted by Crippen LogP contribution is 2.33. The Morgan fingerprint density at radius 1 is 0.763 bits per heavy atom. The summed E-state index contributed by atoms with van der Waals surface area (Å²) in [6.07, 6.45) is 3.27. The number of halogens is 2. The van der Waals surface area contributed by atoms with E-state index in [2.05, 4.69) is 25.5 Å². The van der Waals surface area contributed by atoms with Crippen molar-refractivity contribution < 1.29 is 18.3 Å². The van der Waals surface area contributed by atoms with Crippen molar-refractivity contribution in [2.75, 3.05) is 12.4 Å². The largest absolute Gasteiger partial charge is 0.495 e. The van der Waals surface area contributed by atoms with Gasteiger partial charge in [-0.2, -0.15) is 0 Å². The molecular weight excluding hydrogens is 488 g/mol. The number of hydrogen-bond acceptors (Lipinski definition) is 7. The van der Waals surface area contributed by atoms with E-state index >= 15 is 0 Å². The van der Waals surface area contributed by atoms with Crippen LogP contribution in [0.5, 0.6) is 17.2 Å². The minimum Gasteiger partial charge on any atom is -0.495 e. The van der Waals surface area contributed by atoms with E-state index in [1.807, 2.05) is 48.5 Å². The zero-order valence-corrected chi connectivity index (χ0v) is 20.0. The zero-order valence-electron chi connectivity index (χ0n) is 20.0. The third-order valence-electron chi connectivity index (χ3n) is 5.98. The van der Waals surface area contributed by atoms with Crippen LogP contribution in [-0.4, -0.2) is 27.3 Å². The predicted molar refractivity (Wildman–Crippen MR) is 141 cm³/mol. The molecule has 0 spiro atoms. The molecule has 0 atom stereocenters. The molecule has 0 bridgehead atoms. The van der Waals surface area contributed by atoms with Gasteiger partial charge in [0.2, 0.25) is 0 Å². The van der Waals surface area contributed by atoms with E-state index in [9.17, 15) is 8.78 Å². The van der Waals surface area contributed by atoms with E-state index in [1.54, 1.807) is 31.6 Å². The van der Waals surface area contributed by atoms with Crippen molar-refractivity contribution in [3.8, 4) is 28.5 Å². The Labute approximate surface area is 215 Å². The summed E-state index contributed by atoms with van der Waals surface area (Å²) in [6, 6.07) is 22.1. The summed E-state index contributed by atoms with van der Waals surface area (Å²) in [7, 11) is 1.58. The average molecular weight is 508 g/mol. The quantitative estimate of drug-likeness (QED) is 0.258. The molecule has 6 rings (SSSR count). The van der Waals surface area contributed by atoms with Crippen molar-refractivity contribution >= 4 is 33.3 Å². The zero-order chi connectivity index (χ0) is 26.1. The van der Waals surface area contributed by atoms with Crippen LogP contribution in [0.4, 0.5) is 20.3 Å². The maximum atomic E-state index is 13.9. The van der Waals surface area contributed by atoms with E-state index in [0.29, 0.717) is 45.4 Å². The molecule has 0 fully saturated rings. The molecule has 0 unspecified atom stereocenters. The van der Waals surface area contributed by atoms with Gasteiger partial charge in [0.05, 0.1) is 18.8 Å². The summed E-state index contributed by atoms with van der Waals surface area (Å²) >= 11 is 0. The number of aromatic nitrogens is 4. The highest BCUT2D eigenvalue weighted by Gasteiger charge is 2.13. The van der Waals surface area contributed by atoms with Gasteiger partial charge in [-0.1, -0.05) is 24.3 Å². The van der Waals surface area contributed by atoms with Crippen LogP contribution in [0.3, 0.4) is 0 Å². The van der Waals surface area contributed by atoms with Gasteiger partial charge in [-0.25, -0.2) is 13.8 Å². The number of benzene rings is 3. The summed E-state index contributed by atoms with van der Waals surface area (Å²) in [5.41, 5.74) is 2.96. The second kappa shape index (κ2) is 9.70. The van der Waals surface area contributed by atoms with Crippen molar-refractivity contribution in [2.45, 2.75) is 0 Å². The van der Waals surface area contributed by atoms with Gasteiger partial charge >= 0.3 is 0 Å². The number of anilines is 2. The van der Waals surface area contributed by atoms with Gasteiger partial charge in [-0.05, 0) is 42.5 Å². The van der Waals surface area contributed by atoms with Crippen LogP contribution < -0.4 is 14.8 Å². The summed E-state index contributed by atoms with van der Waals surface area (Å²) < 4.78 is 38.6. The van der Waals surface area contributed by atoms with Crippen LogP contribution in [0, 0.1) is 11.6 Å². The molecule has 38 heavy (non-hydrogen) atoms. The molecule has 0 saturated heterocycles. The average Bonchev–Trinajstić information content (AvgIpc) is 2.95. The highest BCUT2D eigenvalue weighted by atomic mass is 19.2. The predicted octanol–water partition coefficient (Wildman–Crippen LogP) is 7.06.